The van der Waals surface area contributed by atoms with Crippen molar-refractivity contribution in [2.75, 3.05) is 0 Å². The van der Waals surface area contributed by atoms with Crippen molar-refractivity contribution in [3.05, 3.63) is 47.5 Å². The molecule has 1 nitrogen and oxygen atoms in total. The topological polar surface area (TPSA) is 17.1 Å². The number of rotatable bonds is 9. The Kier molecular flexibility index (Phi) is 6.46. The standard InChI is InChI=1S/C20H26O/c1-2-3-4-5-6-7-8-11-18-15-14-17-12-9-10-13-19(17)20(18)16-21/h9-10,12-16H,2-8,11H2,1H3. The Morgan fingerprint density at radius 3 is 2.33 bits per heavy atom. The summed E-state index contributed by atoms with van der Waals surface area (Å²) < 4.78 is 0. The van der Waals surface area contributed by atoms with Crippen molar-refractivity contribution in [3.63, 3.8) is 0 Å². The zero-order valence-corrected chi connectivity index (χ0v) is 13.1. The molecule has 2 aromatic carbocycles. The minimum atomic E-state index is 0.888. The summed E-state index contributed by atoms with van der Waals surface area (Å²) in [4.78, 5) is 11.4. The third kappa shape index (κ3) is 4.42. The van der Waals surface area contributed by atoms with E-state index in [2.05, 4.69) is 25.1 Å². The predicted molar refractivity (Wildman–Crippen MR) is 91.0 cm³/mol. The van der Waals surface area contributed by atoms with Gasteiger partial charge in [0.25, 0.3) is 0 Å². The quantitative estimate of drug-likeness (QED) is 0.410. The molecule has 0 saturated heterocycles. The summed E-state index contributed by atoms with van der Waals surface area (Å²) >= 11 is 0. The summed E-state index contributed by atoms with van der Waals surface area (Å²) in [6.45, 7) is 2.25. The molecule has 0 saturated carbocycles. The van der Waals surface area contributed by atoms with Crippen molar-refractivity contribution in [3.8, 4) is 0 Å². The van der Waals surface area contributed by atoms with Gasteiger partial charge in [-0.05, 0) is 29.2 Å². The highest BCUT2D eigenvalue weighted by Gasteiger charge is 2.06. The molecule has 2 rings (SSSR count). The van der Waals surface area contributed by atoms with E-state index >= 15 is 0 Å². The van der Waals surface area contributed by atoms with Crippen molar-refractivity contribution in [2.45, 2.75) is 58.3 Å². The van der Waals surface area contributed by atoms with Crippen LogP contribution >= 0.6 is 0 Å². The number of benzene rings is 2. The molecule has 0 fully saturated rings. The largest absolute Gasteiger partial charge is 0.298 e. The molecule has 112 valence electrons. The van der Waals surface area contributed by atoms with Crippen LogP contribution in [0.15, 0.2) is 36.4 Å². The molecule has 0 bridgehead atoms. The molecular formula is C20H26O. The van der Waals surface area contributed by atoms with Crippen LogP contribution in [0.25, 0.3) is 10.8 Å². The van der Waals surface area contributed by atoms with Crippen LogP contribution in [0, 0.1) is 0 Å². The zero-order valence-electron chi connectivity index (χ0n) is 13.1. The number of aldehydes is 1. The van der Waals surface area contributed by atoms with Gasteiger partial charge in [0.05, 0.1) is 0 Å². The van der Waals surface area contributed by atoms with Gasteiger partial charge in [-0.2, -0.15) is 0 Å². The summed E-state index contributed by atoms with van der Waals surface area (Å²) in [5, 5.41) is 2.25. The third-order valence-corrected chi connectivity index (χ3v) is 4.23. The predicted octanol–water partition coefficient (Wildman–Crippen LogP) is 5.95. The Morgan fingerprint density at radius 1 is 0.857 bits per heavy atom. The third-order valence-electron chi connectivity index (χ3n) is 4.23. The Bertz CT molecular complexity index is 571. The van der Waals surface area contributed by atoms with E-state index in [1.807, 2.05) is 18.2 Å². The van der Waals surface area contributed by atoms with E-state index in [1.165, 1.54) is 50.5 Å². The molecular weight excluding hydrogens is 256 g/mol. The minimum absolute atomic E-state index is 0.888. The zero-order chi connectivity index (χ0) is 14.9. The number of aryl methyl sites for hydroxylation is 1. The molecule has 0 unspecified atom stereocenters. The highest BCUT2D eigenvalue weighted by molar-refractivity contribution is 5.99. The first-order valence-corrected chi connectivity index (χ1v) is 8.32. The van der Waals surface area contributed by atoms with Gasteiger partial charge in [0.15, 0.2) is 6.29 Å². The van der Waals surface area contributed by atoms with E-state index in [0.29, 0.717) is 0 Å². The highest BCUT2D eigenvalue weighted by atomic mass is 16.1. The molecule has 0 aliphatic carbocycles. The van der Waals surface area contributed by atoms with Crippen LogP contribution < -0.4 is 0 Å². The number of unbranched alkanes of at least 4 members (excludes halogenated alkanes) is 6. The number of hydrogen-bond acceptors (Lipinski definition) is 1. The fraction of sp³-hybridized carbons (Fsp3) is 0.450. The molecule has 0 amide bonds. The Morgan fingerprint density at radius 2 is 1.57 bits per heavy atom. The molecule has 0 spiro atoms. The number of carbonyl (C=O) groups excluding carboxylic acids is 1. The van der Waals surface area contributed by atoms with Crippen molar-refractivity contribution in [1.29, 1.82) is 0 Å². The summed E-state index contributed by atoms with van der Waals surface area (Å²) in [6, 6.07) is 12.4. The molecule has 0 aromatic heterocycles. The lowest BCUT2D eigenvalue weighted by atomic mass is 9.96. The number of hydrogen-bond donors (Lipinski definition) is 0. The first-order valence-electron chi connectivity index (χ1n) is 8.32. The van der Waals surface area contributed by atoms with Crippen LogP contribution in [0.5, 0.6) is 0 Å². The SMILES string of the molecule is CCCCCCCCCc1ccc2ccccc2c1C=O. The fourth-order valence-corrected chi connectivity index (χ4v) is 2.97. The Balaban J connectivity index is 1.91. The van der Waals surface area contributed by atoms with Crippen LogP contribution in [-0.4, -0.2) is 6.29 Å². The molecule has 0 N–H and O–H groups in total. The van der Waals surface area contributed by atoms with Crippen LogP contribution in [0.1, 0.15) is 67.8 Å². The van der Waals surface area contributed by atoms with E-state index in [4.69, 9.17) is 0 Å². The van der Waals surface area contributed by atoms with E-state index in [9.17, 15) is 4.79 Å². The van der Waals surface area contributed by atoms with Gasteiger partial charge in [0, 0.05) is 5.56 Å². The lowest BCUT2D eigenvalue weighted by molar-refractivity contribution is 0.112. The number of fused-ring (bicyclic) bond motifs is 1. The molecule has 0 aliphatic rings. The number of carbonyl (C=O) groups is 1. The van der Waals surface area contributed by atoms with Crippen LogP contribution in [0.4, 0.5) is 0 Å². The van der Waals surface area contributed by atoms with E-state index in [0.717, 1.165) is 29.0 Å². The van der Waals surface area contributed by atoms with Gasteiger partial charge >= 0.3 is 0 Å². The second-order valence-corrected chi connectivity index (χ2v) is 5.85. The van der Waals surface area contributed by atoms with Gasteiger partial charge in [0.2, 0.25) is 0 Å². The first-order chi connectivity index (χ1) is 10.4. The molecule has 21 heavy (non-hydrogen) atoms. The Labute approximate surface area is 128 Å². The lowest BCUT2D eigenvalue weighted by Gasteiger charge is -2.08. The van der Waals surface area contributed by atoms with E-state index < -0.39 is 0 Å². The minimum Gasteiger partial charge on any atom is -0.298 e. The van der Waals surface area contributed by atoms with Crippen molar-refractivity contribution in [2.24, 2.45) is 0 Å². The summed E-state index contributed by atoms with van der Waals surface area (Å²) in [5.74, 6) is 0. The van der Waals surface area contributed by atoms with Gasteiger partial charge in [-0.25, -0.2) is 0 Å². The van der Waals surface area contributed by atoms with Crippen molar-refractivity contribution >= 4 is 17.1 Å². The summed E-state index contributed by atoms with van der Waals surface area (Å²) in [7, 11) is 0. The van der Waals surface area contributed by atoms with Gasteiger partial charge in [-0.3, -0.25) is 4.79 Å². The summed E-state index contributed by atoms with van der Waals surface area (Å²) in [5.41, 5.74) is 2.09. The maximum absolute atomic E-state index is 11.4. The Hall–Kier alpha value is -1.63. The molecule has 1 heteroatoms. The monoisotopic (exact) mass is 282 g/mol. The van der Waals surface area contributed by atoms with Crippen LogP contribution in [0.3, 0.4) is 0 Å². The molecule has 2 aromatic rings. The maximum Gasteiger partial charge on any atom is 0.150 e. The second-order valence-electron chi connectivity index (χ2n) is 5.85. The normalized spacial score (nSPS) is 10.9. The fourth-order valence-electron chi connectivity index (χ4n) is 2.97. The lowest BCUT2D eigenvalue weighted by Crippen LogP contribution is -1.95. The molecule has 0 atom stereocenters. The average molecular weight is 282 g/mol. The van der Waals surface area contributed by atoms with Gasteiger partial charge < -0.3 is 0 Å². The van der Waals surface area contributed by atoms with E-state index in [-0.39, 0.29) is 0 Å². The second kappa shape index (κ2) is 8.61. The average Bonchev–Trinajstić information content (AvgIpc) is 2.53. The van der Waals surface area contributed by atoms with Crippen LogP contribution in [-0.2, 0) is 6.42 Å². The summed E-state index contributed by atoms with van der Waals surface area (Å²) in [6.07, 6.45) is 11.2. The van der Waals surface area contributed by atoms with E-state index in [1.54, 1.807) is 0 Å². The van der Waals surface area contributed by atoms with Crippen molar-refractivity contribution in [1.82, 2.24) is 0 Å². The highest BCUT2D eigenvalue weighted by Crippen LogP contribution is 2.22. The van der Waals surface area contributed by atoms with Gasteiger partial charge in [-0.1, -0.05) is 81.8 Å². The van der Waals surface area contributed by atoms with Gasteiger partial charge in [-0.15, -0.1) is 0 Å². The van der Waals surface area contributed by atoms with Gasteiger partial charge in [0.1, 0.15) is 0 Å². The molecule has 0 radical (unpaired) electrons. The van der Waals surface area contributed by atoms with Crippen LogP contribution in [0.2, 0.25) is 0 Å². The van der Waals surface area contributed by atoms with Crippen molar-refractivity contribution < 1.29 is 4.79 Å². The smallest absolute Gasteiger partial charge is 0.150 e. The first kappa shape index (κ1) is 15.8. The molecule has 0 heterocycles. The molecule has 0 aliphatic heterocycles. The maximum atomic E-state index is 11.4.